The van der Waals surface area contributed by atoms with Crippen LogP contribution < -0.4 is 9.47 Å². The Hall–Kier alpha value is -2.37. The standard InChI is InChI=1S/C16H16O4.C2H6O/c1-19-13-10-6-9-12(16(13)20-2)15(18)14(17)11-7-4-3-5-8-11;1-3-2/h3-10,14,17H,1-2H3;1-2H3. The van der Waals surface area contributed by atoms with Gasteiger partial charge in [-0.3, -0.25) is 4.79 Å². The number of hydrogen-bond donors (Lipinski definition) is 1. The molecule has 124 valence electrons. The highest BCUT2D eigenvalue weighted by Crippen LogP contribution is 2.33. The molecule has 2 aromatic carbocycles. The number of ketones is 1. The van der Waals surface area contributed by atoms with Gasteiger partial charge in [-0.05, 0) is 17.7 Å². The molecule has 0 radical (unpaired) electrons. The van der Waals surface area contributed by atoms with Gasteiger partial charge in [0.1, 0.15) is 6.10 Å². The summed E-state index contributed by atoms with van der Waals surface area (Å²) in [6.07, 6.45) is -1.22. The van der Waals surface area contributed by atoms with Crippen molar-refractivity contribution in [2.75, 3.05) is 28.4 Å². The van der Waals surface area contributed by atoms with E-state index in [2.05, 4.69) is 4.74 Å². The maximum absolute atomic E-state index is 12.4. The van der Waals surface area contributed by atoms with Crippen molar-refractivity contribution >= 4 is 5.78 Å². The van der Waals surface area contributed by atoms with Gasteiger partial charge >= 0.3 is 0 Å². The number of methoxy groups -OCH3 is 3. The van der Waals surface area contributed by atoms with Crippen molar-refractivity contribution in [2.45, 2.75) is 6.10 Å². The van der Waals surface area contributed by atoms with Gasteiger partial charge in [-0.25, -0.2) is 0 Å². The van der Waals surface area contributed by atoms with Gasteiger partial charge in [-0.2, -0.15) is 0 Å². The third-order valence-electron chi connectivity index (χ3n) is 3.03. The van der Waals surface area contributed by atoms with Crippen LogP contribution in [0.15, 0.2) is 48.5 Å². The molecule has 0 aliphatic carbocycles. The van der Waals surface area contributed by atoms with Crippen LogP contribution >= 0.6 is 0 Å². The van der Waals surface area contributed by atoms with Crippen LogP contribution in [0.1, 0.15) is 22.0 Å². The van der Waals surface area contributed by atoms with Crippen molar-refractivity contribution in [1.29, 1.82) is 0 Å². The number of ether oxygens (including phenoxy) is 3. The van der Waals surface area contributed by atoms with E-state index in [-0.39, 0.29) is 0 Å². The molecule has 0 aromatic heterocycles. The van der Waals surface area contributed by atoms with E-state index >= 15 is 0 Å². The summed E-state index contributed by atoms with van der Waals surface area (Å²) in [5.41, 5.74) is 0.838. The number of aliphatic hydroxyl groups is 1. The Bertz CT molecular complexity index is 610. The molecule has 0 bridgehead atoms. The molecule has 23 heavy (non-hydrogen) atoms. The van der Waals surface area contributed by atoms with E-state index in [0.29, 0.717) is 22.6 Å². The minimum Gasteiger partial charge on any atom is -0.493 e. The Morgan fingerprint density at radius 2 is 1.52 bits per heavy atom. The highest BCUT2D eigenvalue weighted by molar-refractivity contribution is 6.02. The fourth-order valence-corrected chi connectivity index (χ4v) is 2.02. The normalized spacial score (nSPS) is 11.0. The lowest BCUT2D eigenvalue weighted by Gasteiger charge is -2.14. The zero-order valence-corrected chi connectivity index (χ0v) is 13.8. The van der Waals surface area contributed by atoms with Crippen LogP contribution in [0.3, 0.4) is 0 Å². The molecule has 0 saturated heterocycles. The van der Waals surface area contributed by atoms with E-state index < -0.39 is 11.9 Å². The van der Waals surface area contributed by atoms with E-state index in [1.165, 1.54) is 14.2 Å². The fraction of sp³-hybridized carbons (Fsp3) is 0.278. The summed E-state index contributed by atoms with van der Waals surface area (Å²) in [5, 5.41) is 10.2. The van der Waals surface area contributed by atoms with Crippen molar-refractivity contribution in [3.63, 3.8) is 0 Å². The van der Waals surface area contributed by atoms with Crippen molar-refractivity contribution in [2.24, 2.45) is 0 Å². The van der Waals surface area contributed by atoms with Crippen LogP contribution in [0.5, 0.6) is 11.5 Å². The second-order valence-electron chi connectivity index (χ2n) is 4.63. The lowest BCUT2D eigenvalue weighted by molar-refractivity contribution is 0.0743. The van der Waals surface area contributed by atoms with Gasteiger partial charge in [0, 0.05) is 14.2 Å². The van der Waals surface area contributed by atoms with Gasteiger partial charge in [0.05, 0.1) is 19.8 Å². The monoisotopic (exact) mass is 318 g/mol. The predicted molar refractivity (Wildman–Crippen MR) is 88.2 cm³/mol. The number of rotatable bonds is 5. The second-order valence-corrected chi connectivity index (χ2v) is 4.63. The third kappa shape index (κ3) is 4.81. The first kappa shape index (κ1) is 18.7. The van der Waals surface area contributed by atoms with E-state index in [1.807, 2.05) is 6.07 Å². The second kappa shape index (κ2) is 9.61. The molecule has 0 aliphatic heterocycles. The maximum atomic E-state index is 12.4. The first-order valence-electron chi connectivity index (χ1n) is 6.99. The van der Waals surface area contributed by atoms with E-state index in [4.69, 9.17) is 9.47 Å². The molecule has 2 aromatic rings. The molecular formula is C18H22O5. The molecule has 0 amide bonds. The van der Waals surface area contributed by atoms with Gasteiger partial charge in [0.15, 0.2) is 17.3 Å². The average Bonchev–Trinajstić information content (AvgIpc) is 2.61. The van der Waals surface area contributed by atoms with Crippen LogP contribution in [0.25, 0.3) is 0 Å². The molecule has 5 nitrogen and oxygen atoms in total. The van der Waals surface area contributed by atoms with Gasteiger partial charge < -0.3 is 19.3 Å². The number of hydrogen-bond acceptors (Lipinski definition) is 5. The first-order chi connectivity index (χ1) is 11.1. The predicted octanol–water partition coefficient (Wildman–Crippen LogP) is 2.88. The van der Waals surface area contributed by atoms with Crippen LogP contribution in [-0.4, -0.2) is 39.3 Å². The molecule has 0 spiro atoms. The van der Waals surface area contributed by atoms with Crippen LogP contribution in [0.2, 0.25) is 0 Å². The molecule has 0 saturated carbocycles. The highest BCUT2D eigenvalue weighted by Gasteiger charge is 2.24. The molecule has 0 aliphatic rings. The number of Topliss-reactive ketones (excluding diaryl/α,β-unsaturated/α-hetero) is 1. The topological polar surface area (TPSA) is 65.0 Å². The number of carbonyl (C=O) groups is 1. The molecule has 0 heterocycles. The first-order valence-corrected chi connectivity index (χ1v) is 6.99. The van der Waals surface area contributed by atoms with Gasteiger partial charge in [0.25, 0.3) is 0 Å². The minimum atomic E-state index is -1.22. The minimum absolute atomic E-state index is 0.295. The number of carbonyl (C=O) groups excluding carboxylic acids is 1. The zero-order chi connectivity index (χ0) is 17.2. The Kier molecular flexibility index (Phi) is 7.80. The summed E-state index contributed by atoms with van der Waals surface area (Å²) in [6, 6.07) is 13.8. The summed E-state index contributed by atoms with van der Waals surface area (Å²) < 4.78 is 14.6. The van der Waals surface area contributed by atoms with E-state index in [0.717, 1.165) is 0 Å². The molecular weight excluding hydrogens is 296 g/mol. The van der Waals surface area contributed by atoms with Gasteiger partial charge in [-0.1, -0.05) is 36.4 Å². The van der Waals surface area contributed by atoms with Crippen LogP contribution in [0.4, 0.5) is 0 Å². The zero-order valence-electron chi connectivity index (χ0n) is 13.8. The quantitative estimate of drug-likeness (QED) is 0.859. The van der Waals surface area contributed by atoms with Crippen molar-refractivity contribution in [3.8, 4) is 11.5 Å². The molecule has 2 rings (SSSR count). The maximum Gasteiger partial charge on any atom is 0.199 e. The molecule has 1 N–H and O–H groups in total. The number of para-hydroxylation sites is 1. The van der Waals surface area contributed by atoms with Crippen LogP contribution in [0, 0.1) is 0 Å². The Labute approximate surface area is 136 Å². The molecule has 1 unspecified atom stereocenters. The summed E-state index contributed by atoms with van der Waals surface area (Å²) in [5.74, 6) is 0.362. The highest BCUT2D eigenvalue weighted by atomic mass is 16.5. The van der Waals surface area contributed by atoms with Crippen molar-refractivity contribution in [3.05, 3.63) is 59.7 Å². The summed E-state index contributed by atoms with van der Waals surface area (Å²) in [6.45, 7) is 0. The summed E-state index contributed by atoms with van der Waals surface area (Å²) >= 11 is 0. The largest absolute Gasteiger partial charge is 0.493 e. The number of benzene rings is 2. The van der Waals surface area contributed by atoms with E-state index in [9.17, 15) is 9.90 Å². The van der Waals surface area contributed by atoms with Gasteiger partial charge in [-0.15, -0.1) is 0 Å². The van der Waals surface area contributed by atoms with Crippen molar-refractivity contribution in [1.82, 2.24) is 0 Å². The Morgan fingerprint density at radius 1 is 0.913 bits per heavy atom. The Morgan fingerprint density at radius 3 is 2.04 bits per heavy atom. The fourth-order valence-electron chi connectivity index (χ4n) is 2.02. The smallest absolute Gasteiger partial charge is 0.199 e. The lowest BCUT2D eigenvalue weighted by Crippen LogP contribution is -2.13. The molecule has 1 atom stereocenters. The molecule has 5 heteroatoms. The Balaban J connectivity index is 0.000000816. The summed E-state index contributed by atoms with van der Waals surface area (Å²) in [4.78, 5) is 12.4. The number of aliphatic hydroxyl groups excluding tert-OH is 1. The van der Waals surface area contributed by atoms with Crippen molar-refractivity contribution < 1.29 is 24.1 Å². The van der Waals surface area contributed by atoms with E-state index in [1.54, 1.807) is 56.7 Å². The van der Waals surface area contributed by atoms with Gasteiger partial charge in [0.2, 0.25) is 0 Å². The van der Waals surface area contributed by atoms with Crippen LogP contribution in [-0.2, 0) is 4.74 Å². The third-order valence-corrected chi connectivity index (χ3v) is 3.03. The SMILES string of the molecule is COC.COc1cccc(C(=O)C(O)c2ccccc2)c1OC. The average molecular weight is 318 g/mol. The lowest BCUT2D eigenvalue weighted by atomic mass is 9.99. The molecule has 0 fully saturated rings. The summed E-state index contributed by atoms with van der Waals surface area (Å²) in [7, 11) is 6.21.